The third-order valence-corrected chi connectivity index (χ3v) is 3.10. The van der Waals surface area contributed by atoms with E-state index in [1.807, 2.05) is 30.3 Å². The van der Waals surface area contributed by atoms with E-state index in [-0.39, 0.29) is 11.6 Å². The molecule has 0 bridgehead atoms. The zero-order valence-corrected chi connectivity index (χ0v) is 10.7. The van der Waals surface area contributed by atoms with Crippen molar-refractivity contribution in [2.75, 3.05) is 0 Å². The highest BCUT2D eigenvalue weighted by Crippen LogP contribution is 2.31. The fraction of sp³-hybridized carbons (Fsp3) is 0. The van der Waals surface area contributed by atoms with E-state index in [0.717, 1.165) is 5.56 Å². The van der Waals surface area contributed by atoms with Gasteiger partial charge < -0.3 is 4.42 Å². The van der Waals surface area contributed by atoms with Crippen LogP contribution in [0.1, 0.15) is 0 Å². The maximum Gasteiger partial charge on any atom is 0.170 e. The van der Waals surface area contributed by atoms with E-state index in [1.54, 1.807) is 24.3 Å². The van der Waals surface area contributed by atoms with Crippen LogP contribution in [0.3, 0.4) is 0 Å². The zero-order valence-electron chi connectivity index (χ0n) is 9.94. The molecule has 94 valence electrons. The van der Waals surface area contributed by atoms with E-state index < -0.39 is 0 Å². The minimum absolute atomic E-state index is 0.232. The molecule has 0 amide bonds. The molecule has 0 unspecified atom stereocenters. The molecule has 2 aromatic carbocycles. The van der Waals surface area contributed by atoms with Gasteiger partial charge in [0, 0.05) is 22.2 Å². The fourth-order valence-corrected chi connectivity index (χ4v) is 2.04. The van der Waals surface area contributed by atoms with Gasteiger partial charge in [-0.3, -0.25) is 0 Å². The summed E-state index contributed by atoms with van der Waals surface area (Å²) < 4.78 is 19.6. The Morgan fingerprint density at radius 1 is 0.842 bits per heavy atom. The molecule has 1 nitrogen and oxygen atoms in total. The largest absolute Gasteiger partial charge is 0.453 e. The zero-order chi connectivity index (χ0) is 13.2. The van der Waals surface area contributed by atoms with Crippen LogP contribution in [0.2, 0.25) is 5.02 Å². The summed E-state index contributed by atoms with van der Waals surface area (Å²) >= 11 is 5.82. The first-order valence-electron chi connectivity index (χ1n) is 5.85. The number of halogens is 2. The molecule has 19 heavy (non-hydrogen) atoms. The third-order valence-electron chi connectivity index (χ3n) is 2.85. The van der Waals surface area contributed by atoms with E-state index in [1.165, 1.54) is 6.07 Å². The Morgan fingerprint density at radius 3 is 2.21 bits per heavy atom. The molecule has 0 aliphatic heterocycles. The van der Waals surface area contributed by atoms with Crippen LogP contribution in [0, 0.1) is 5.82 Å². The monoisotopic (exact) mass is 272 g/mol. The van der Waals surface area contributed by atoms with Gasteiger partial charge in [-0.2, -0.15) is 0 Å². The Labute approximate surface area is 115 Å². The van der Waals surface area contributed by atoms with Gasteiger partial charge in [-0.1, -0.05) is 41.9 Å². The predicted molar refractivity (Wildman–Crippen MR) is 74.5 cm³/mol. The highest BCUT2D eigenvalue weighted by atomic mass is 35.5. The molecule has 0 radical (unpaired) electrons. The second kappa shape index (κ2) is 4.90. The molecule has 0 saturated carbocycles. The van der Waals surface area contributed by atoms with Crippen LogP contribution < -0.4 is 0 Å². The molecular weight excluding hydrogens is 263 g/mol. The average Bonchev–Trinajstić information content (AvgIpc) is 2.83. The highest BCUT2D eigenvalue weighted by Gasteiger charge is 2.13. The molecule has 3 aromatic rings. The summed E-state index contributed by atoms with van der Waals surface area (Å²) in [4.78, 5) is 0. The third kappa shape index (κ3) is 2.40. The maximum atomic E-state index is 14.0. The number of rotatable bonds is 2. The van der Waals surface area contributed by atoms with Gasteiger partial charge >= 0.3 is 0 Å². The van der Waals surface area contributed by atoms with Crippen molar-refractivity contribution in [3.8, 4) is 22.6 Å². The number of hydrogen-bond donors (Lipinski definition) is 0. The van der Waals surface area contributed by atoms with Crippen LogP contribution >= 0.6 is 11.6 Å². The Balaban J connectivity index is 2.05. The Morgan fingerprint density at radius 2 is 1.53 bits per heavy atom. The van der Waals surface area contributed by atoms with Crippen molar-refractivity contribution in [2.24, 2.45) is 0 Å². The lowest BCUT2D eigenvalue weighted by atomic mass is 10.1. The summed E-state index contributed by atoms with van der Waals surface area (Å²) in [5.41, 5.74) is 1.52. The summed E-state index contributed by atoms with van der Waals surface area (Å²) in [5.74, 6) is 0.375. The molecule has 0 saturated heterocycles. The second-order valence-electron chi connectivity index (χ2n) is 4.16. The quantitative estimate of drug-likeness (QED) is 0.608. The van der Waals surface area contributed by atoms with Crippen molar-refractivity contribution in [1.82, 2.24) is 0 Å². The minimum Gasteiger partial charge on any atom is -0.453 e. The molecule has 0 N–H and O–H groups in total. The van der Waals surface area contributed by atoms with Gasteiger partial charge in [0.25, 0.3) is 0 Å². The number of benzene rings is 2. The smallest absolute Gasteiger partial charge is 0.170 e. The molecule has 0 spiro atoms. The number of furan rings is 1. The van der Waals surface area contributed by atoms with E-state index in [0.29, 0.717) is 16.3 Å². The molecule has 3 rings (SSSR count). The van der Waals surface area contributed by atoms with Gasteiger partial charge in [0.15, 0.2) is 11.6 Å². The van der Waals surface area contributed by atoms with E-state index in [2.05, 4.69) is 0 Å². The lowest BCUT2D eigenvalue weighted by Crippen LogP contribution is -1.76. The van der Waals surface area contributed by atoms with Crippen LogP contribution in [0.4, 0.5) is 4.39 Å². The Hall–Kier alpha value is -2.06. The summed E-state index contributed by atoms with van der Waals surface area (Å²) in [5, 5.41) is 0.610. The van der Waals surface area contributed by atoms with Crippen molar-refractivity contribution in [2.45, 2.75) is 0 Å². The topological polar surface area (TPSA) is 13.1 Å². The van der Waals surface area contributed by atoms with Crippen LogP contribution in [0.25, 0.3) is 22.6 Å². The van der Waals surface area contributed by atoms with Crippen molar-refractivity contribution >= 4 is 11.6 Å². The van der Waals surface area contributed by atoms with Crippen LogP contribution in [0.5, 0.6) is 0 Å². The standard InChI is InChI=1S/C16H10ClFO/c17-13-8-6-12(7-9-13)16-14(18)10-15(19-16)11-4-2-1-3-5-11/h1-10H. The van der Waals surface area contributed by atoms with Crippen molar-refractivity contribution < 1.29 is 8.81 Å². The van der Waals surface area contributed by atoms with Crippen molar-refractivity contribution in [3.63, 3.8) is 0 Å². The van der Waals surface area contributed by atoms with Crippen molar-refractivity contribution in [1.29, 1.82) is 0 Å². The van der Waals surface area contributed by atoms with Gasteiger partial charge in [-0.05, 0) is 24.3 Å². The van der Waals surface area contributed by atoms with Gasteiger partial charge in [0.05, 0.1) is 0 Å². The first-order valence-corrected chi connectivity index (χ1v) is 6.22. The molecule has 3 heteroatoms. The van der Waals surface area contributed by atoms with Crippen LogP contribution in [-0.2, 0) is 0 Å². The van der Waals surface area contributed by atoms with Gasteiger partial charge in [0.2, 0.25) is 0 Å². The lowest BCUT2D eigenvalue weighted by Gasteiger charge is -1.98. The van der Waals surface area contributed by atoms with Gasteiger partial charge in [-0.15, -0.1) is 0 Å². The van der Waals surface area contributed by atoms with Crippen molar-refractivity contribution in [3.05, 3.63) is 71.5 Å². The van der Waals surface area contributed by atoms with Crippen LogP contribution in [0.15, 0.2) is 65.1 Å². The maximum absolute atomic E-state index is 14.0. The normalized spacial score (nSPS) is 10.6. The first-order chi connectivity index (χ1) is 9.24. The van der Waals surface area contributed by atoms with Gasteiger partial charge in [-0.25, -0.2) is 4.39 Å². The fourth-order valence-electron chi connectivity index (χ4n) is 1.91. The molecule has 0 aliphatic carbocycles. The van der Waals surface area contributed by atoms with E-state index in [9.17, 15) is 4.39 Å². The van der Waals surface area contributed by atoms with Crippen LogP contribution in [-0.4, -0.2) is 0 Å². The Kier molecular flexibility index (Phi) is 3.10. The highest BCUT2D eigenvalue weighted by molar-refractivity contribution is 6.30. The lowest BCUT2D eigenvalue weighted by molar-refractivity contribution is 0.558. The summed E-state index contributed by atoms with van der Waals surface area (Å²) in [6.07, 6.45) is 0. The van der Waals surface area contributed by atoms with E-state index >= 15 is 0 Å². The summed E-state index contributed by atoms with van der Waals surface area (Å²) in [7, 11) is 0. The SMILES string of the molecule is Fc1cc(-c2ccccc2)oc1-c1ccc(Cl)cc1. The molecular formula is C16H10ClFO. The predicted octanol–water partition coefficient (Wildman–Crippen LogP) is 5.41. The van der Waals surface area contributed by atoms with E-state index in [4.69, 9.17) is 16.0 Å². The second-order valence-corrected chi connectivity index (χ2v) is 4.60. The molecule has 0 aliphatic rings. The first kappa shape index (κ1) is 12.0. The minimum atomic E-state index is -0.374. The molecule has 1 heterocycles. The Bertz CT molecular complexity index is 687. The van der Waals surface area contributed by atoms with Gasteiger partial charge in [0.1, 0.15) is 5.76 Å². The molecule has 0 fully saturated rings. The molecule has 0 atom stereocenters. The summed E-state index contributed by atoms with van der Waals surface area (Å²) in [6.45, 7) is 0. The number of hydrogen-bond acceptors (Lipinski definition) is 1. The summed E-state index contributed by atoms with van der Waals surface area (Å²) in [6, 6.07) is 17.7. The molecule has 1 aromatic heterocycles. The average molecular weight is 273 g/mol.